The lowest BCUT2D eigenvalue weighted by Gasteiger charge is -2.12. The predicted molar refractivity (Wildman–Crippen MR) is 78.7 cm³/mol. The second kappa shape index (κ2) is 8.23. The molecular formula is C13H17BrCl2O. The molecule has 0 bridgehead atoms. The Bertz CT molecular complexity index is 356. The van der Waals surface area contributed by atoms with Crippen molar-refractivity contribution in [1.82, 2.24) is 0 Å². The molecule has 0 unspecified atom stereocenters. The van der Waals surface area contributed by atoms with E-state index in [-0.39, 0.29) is 0 Å². The molecule has 0 fully saturated rings. The van der Waals surface area contributed by atoms with E-state index in [1.54, 1.807) is 6.07 Å². The molecule has 0 saturated carbocycles. The highest BCUT2D eigenvalue weighted by Crippen LogP contribution is 2.33. The first-order valence-corrected chi connectivity index (χ1v) is 7.73. The van der Waals surface area contributed by atoms with Crippen molar-refractivity contribution in [2.24, 2.45) is 0 Å². The highest BCUT2D eigenvalue weighted by atomic mass is 79.9. The molecular weight excluding hydrogens is 323 g/mol. The van der Waals surface area contributed by atoms with Crippen molar-refractivity contribution < 1.29 is 4.74 Å². The van der Waals surface area contributed by atoms with Crippen molar-refractivity contribution in [3.63, 3.8) is 0 Å². The van der Waals surface area contributed by atoms with Gasteiger partial charge in [0, 0.05) is 15.9 Å². The summed E-state index contributed by atoms with van der Waals surface area (Å²) in [5.74, 6) is 0.754. The van der Waals surface area contributed by atoms with Crippen LogP contribution >= 0.6 is 39.1 Å². The van der Waals surface area contributed by atoms with Crippen molar-refractivity contribution in [3.8, 4) is 5.75 Å². The number of ether oxygens (including phenoxy) is 1. The smallest absolute Gasteiger partial charge is 0.142 e. The zero-order chi connectivity index (χ0) is 12.7. The zero-order valence-electron chi connectivity index (χ0n) is 9.94. The van der Waals surface area contributed by atoms with Crippen LogP contribution < -0.4 is 4.74 Å². The van der Waals surface area contributed by atoms with Gasteiger partial charge in [0.2, 0.25) is 0 Å². The predicted octanol–water partition coefficient (Wildman–Crippen LogP) is 5.85. The third kappa shape index (κ3) is 5.07. The van der Waals surface area contributed by atoms with Crippen LogP contribution in [0, 0.1) is 0 Å². The molecule has 0 aliphatic heterocycles. The van der Waals surface area contributed by atoms with Crippen molar-refractivity contribution >= 4 is 39.1 Å². The van der Waals surface area contributed by atoms with E-state index >= 15 is 0 Å². The van der Waals surface area contributed by atoms with Crippen molar-refractivity contribution in [1.29, 1.82) is 0 Å². The molecule has 1 rings (SSSR count). The molecule has 1 aromatic rings. The van der Waals surface area contributed by atoms with Gasteiger partial charge in [-0.05, 0) is 18.6 Å². The average molecular weight is 340 g/mol. The lowest BCUT2D eigenvalue weighted by molar-refractivity contribution is 0.303. The summed E-state index contributed by atoms with van der Waals surface area (Å²) < 4.78 is 5.74. The van der Waals surface area contributed by atoms with Crippen molar-refractivity contribution in [3.05, 3.63) is 27.7 Å². The Hall–Kier alpha value is 0.0800. The lowest BCUT2D eigenvalue weighted by Crippen LogP contribution is -2.00. The van der Waals surface area contributed by atoms with Crippen LogP contribution in [0.15, 0.2) is 12.1 Å². The second-order valence-electron chi connectivity index (χ2n) is 3.92. The van der Waals surface area contributed by atoms with Crippen LogP contribution in [0.2, 0.25) is 10.0 Å². The fourth-order valence-corrected chi connectivity index (χ4v) is 2.58. The molecule has 0 heterocycles. The molecule has 0 N–H and O–H groups in total. The molecule has 0 amide bonds. The molecule has 1 aromatic carbocycles. The van der Waals surface area contributed by atoms with Gasteiger partial charge in [0.1, 0.15) is 5.75 Å². The number of benzene rings is 1. The first kappa shape index (κ1) is 15.1. The van der Waals surface area contributed by atoms with E-state index in [4.69, 9.17) is 27.9 Å². The van der Waals surface area contributed by atoms with Crippen LogP contribution in [0.3, 0.4) is 0 Å². The fourth-order valence-electron chi connectivity index (χ4n) is 1.58. The maximum Gasteiger partial charge on any atom is 0.142 e. The van der Waals surface area contributed by atoms with Gasteiger partial charge in [-0.2, -0.15) is 0 Å². The van der Waals surface area contributed by atoms with Gasteiger partial charge in [0.05, 0.1) is 11.6 Å². The summed E-state index contributed by atoms with van der Waals surface area (Å²) in [6.07, 6.45) is 4.75. The first-order valence-electron chi connectivity index (χ1n) is 5.85. The summed E-state index contributed by atoms with van der Waals surface area (Å²) in [7, 11) is 0. The van der Waals surface area contributed by atoms with Crippen molar-refractivity contribution in [2.75, 3.05) is 6.61 Å². The minimum atomic E-state index is 0.586. The summed E-state index contributed by atoms with van der Waals surface area (Å²) >= 11 is 15.5. The summed E-state index contributed by atoms with van der Waals surface area (Å²) in [6.45, 7) is 2.90. The highest BCUT2D eigenvalue weighted by molar-refractivity contribution is 9.08. The summed E-state index contributed by atoms with van der Waals surface area (Å²) in [6, 6.07) is 3.60. The van der Waals surface area contributed by atoms with E-state index in [1.807, 2.05) is 6.07 Å². The monoisotopic (exact) mass is 338 g/mol. The Labute approximate surface area is 122 Å². The molecule has 0 aliphatic rings. The van der Waals surface area contributed by atoms with Crippen molar-refractivity contribution in [2.45, 2.75) is 37.9 Å². The Morgan fingerprint density at radius 2 is 1.94 bits per heavy atom. The van der Waals surface area contributed by atoms with Crippen LogP contribution in [-0.2, 0) is 5.33 Å². The van der Waals surface area contributed by atoms with Gasteiger partial charge in [0.15, 0.2) is 0 Å². The van der Waals surface area contributed by atoms with Gasteiger partial charge in [-0.1, -0.05) is 65.3 Å². The molecule has 1 nitrogen and oxygen atoms in total. The Balaban J connectivity index is 2.57. The fraction of sp³-hybridized carbons (Fsp3) is 0.538. The quantitative estimate of drug-likeness (QED) is 0.447. The van der Waals surface area contributed by atoms with Crippen LogP contribution in [-0.4, -0.2) is 6.61 Å². The minimum Gasteiger partial charge on any atom is -0.492 e. The topological polar surface area (TPSA) is 9.23 Å². The maximum absolute atomic E-state index is 6.12. The van der Waals surface area contributed by atoms with E-state index in [0.717, 1.165) is 17.7 Å². The van der Waals surface area contributed by atoms with Gasteiger partial charge in [0.25, 0.3) is 0 Å². The SMILES string of the molecule is CCCCCCOc1c(Cl)cc(Cl)cc1CBr. The van der Waals surface area contributed by atoms with Gasteiger partial charge < -0.3 is 4.74 Å². The maximum atomic E-state index is 6.12. The standard InChI is InChI=1S/C13H17BrCl2O/c1-2-3-4-5-6-17-13-10(9-14)7-11(15)8-12(13)16/h7-8H,2-6,9H2,1H3. The normalized spacial score (nSPS) is 10.6. The molecule has 0 spiro atoms. The largest absolute Gasteiger partial charge is 0.492 e. The summed E-state index contributed by atoms with van der Waals surface area (Å²) in [5.41, 5.74) is 0.998. The number of rotatable bonds is 7. The molecule has 0 aliphatic carbocycles. The van der Waals surface area contributed by atoms with E-state index in [2.05, 4.69) is 22.9 Å². The molecule has 0 aromatic heterocycles. The van der Waals surface area contributed by atoms with E-state index in [0.29, 0.717) is 22.0 Å². The molecule has 4 heteroatoms. The lowest BCUT2D eigenvalue weighted by atomic mass is 10.2. The van der Waals surface area contributed by atoms with E-state index in [9.17, 15) is 0 Å². The number of hydrogen-bond donors (Lipinski definition) is 0. The molecule has 0 radical (unpaired) electrons. The second-order valence-corrected chi connectivity index (χ2v) is 5.32. The molecule has 0 atom stereocenters. The van der Waals surface area contributed by atoms with Gasteiger partial charge in [-0.25, -0.2) is 0 Å². The highest BCUT2D eigenvalue weighted by Gasteiger charge is 2.09. The van der Waals surface area contributed by atoms with Gasteiger partial charge in [-0.3, -0.25) is 0 Å². The molecule has 96 valence electrons. The summed E-state index contributed by atoms with van der Waals surface area (Å²) in [5, 5.41) is 1.92. The van der Waals surface area contributed by atoms with Crippen LogP contribution in [0.5, 0.6) is 5.75 Å². The van der Waals surface area contributed by atoms with Gasteiger partial charge in [-0.15, -0.1) is 0 Å². The first-order chi connectivity index (χ1) is 8.19. The number of halogens is 3. The van der Waals surface area contributed by atoms with Crippen LogP contribution in [0.1, 0.15) is 38.2 Å². The number of unbranched alkanes of at least 4 members (excludes halogenated alkanes) is 3. The molecule has 17 heavy (non-hydrogen) atoms. The van der Waals surface area contributed by atoms with Crippen LogP contribution in [0.4, 0.5) is 0 Å². The summed E-state index contributed by atoms with van der Waals surface area (Å²) in [4.78, 5) is 0. The van der Waals surface area contributed by atoms with Crippen LogP contribution in [0.25, 0.3) is 0 Å². The third-order valence-electron chi connectivity index (χ3n) is 2.47. The molecule has 0 saturated heterocycles. The van der Waals surface area contributed by atoms with E-state index in [1.165, 1.54) is 19.3 Å². The average Bonchev–Trinajstić information content (AvgIpc) is 2.30. The number of hydrogen-bond acceptors (Lipinski definition) is 1. The Morgan fingerprint density at radius 1 is 1.18 bits per heavy atom. The van der Waals surface area contributed by atoms with Gasteiger partial charge >= 0.3 is 0 Å². The minimum absolute atomic E-state index is 0.586. The Morgan fingerprint density at radius 3 is 2.59 bits per heavy atom. The zero-order valence-corrected chi connectivity index (χ0v) is 13.0. The Kier molecular flexibility index (Phi) is 7.33. The van der Waals surface area contributed by atoms with E-state index < -0.39 is 0 Å². The third-order valence-corrected chi connectivity index (χ3v) is 3.58. The number of alkyl halides is 1.